The summed E-state index contributed by atoms with van der Waals surface area (Å²) in [6, 6.07) is 6.66. The number of halogens is 4. The van der Waals surface area contributed by atoms with Gasteiger partial charge in [-0.05, 0) is 24.3 Å². The fourth-order valence-electron chi connectivity index (χ4n) is 1.32. The second-order valence-corrected chi connectivity index (χ2v) is 7.62. The van der Waals surface area contributed by atoms with Crippen molar-refractivity contribution in [2.45, 2.75) is 9.79 Å². The summed E-state index contributed by atoms with van der Waals surface area (Å²) in [4.78, 5) is 1.60. The maximum absolute atomic E-state index is 5.97. The molecule has 0 aliphatic carbocycles. The molecule has 2 aromatic carbocycles. The molecule has 4 N–H and O–H groups in total. The molecule has 0 heterocycles. The van der Waals surface area contributed by atoms with Crippen molar-refractivity contribution in [2.75, 3.05) is 11.5 Å². The van der Waals surface area contributed by atoms with Gasteiger partial charge in [-0.1, -0.05) is 68.0 Å². The van der Waals surface area contributed by atoms with E-state index < -0.39 is 0 Å². The van der Waals surface area contributed by atoms with Gasteiger partial charge in [0.1, 0.15) is 0 Å². The van der Waals surface area contributed by atoms with Crippen LogP contribution in [-0.4, -0.2) is 0 Å². The molecule has 0 aromatic heterocycles. The van der Waals surface area contributed by atoms with E-state index in [2.05, 4.69) is 0 Å². The van der Waals surface area contributed by atoms with Gasteiger partial charge in [-0.25, -0.2) is 0 Å². The van der Waals surface area contributed by atoms with Crippen LogP contribution in [0, 0.1) is 0 Å². The van der Waals surface area contributed by atoms with Crippen LogP contribution in [0.3, 0.4) is 0 Å². The summed E-state index contributed by atoms with van der Waals surface area (Å²) in [5.41, 5.74) is 12.9. The summed E-state index contributed by atoms with van der Waals surface area (Å²) >= 11 is 23.7. The highest BCUT2D eigenvalue weighted by molar-refractivity contribution is 8.76. The topological polar surface area (TPSA) is 52.0 Å². The molecule has 0 fully saturated rings. The van der Waals surface area contributed by atoms with Gasteiger partial charge in [-0.15, -0.1) is 0 Å². The monoisotopic (exact) mass is 384 g/mol. The number of hydrogen-bond donors (Lipinski definition) is 2. The molecule has 0 spiro atoms. The molecule has 0 aliphatic heterocycles. The van der Waals surface area contributed by atoms with E-state index in [9.17, 15) is 0 Å². The molecule has 8 heteroatoms. The van der Waals surface area contributed by atoms with Crippen LogP contribution >= 0.6 is 68.0 Å². The van der Waals surface area contributed by atoms with Crippen molar-refractivity contribution in [1.29, 1.82) is 0 Å². The molecule has 106 valence electrons. The standard InChI is InChI=1S/C12H8Cl4N2S2/c13-5-1-9(17)11(3-7(5)15)19-20-12-4-8(16)6(14)2-10(12)18/h1-4H,17-18H2. The van der Waals surface area contributed by atoms with Crippen LogP contribution < -0.4 is 11.5 Å². The SMILES string of the molecule is Nc1cc(Cl)c(Cl)cc1SSc1cc(Cl)c(Cl)cc1N. The molecule has 0 saturated heterocycles. The predicted molar refractivity (Wildman–Crippen MR) is 93.5 cm³/mol. The van der Waals surface area contributed by atoms with Crippen LogP contribution in [0.25, 0.3) is 0 Å². The van der Waals surface area contributed by atoms with Crippen LogP contribution in [0.2, 0.25) is 20.1 Å². The average molecular weight is 386 g/mol. The van der Waals surface area contributed by atoms with Crippen molar-refractivity contribution < 1.29 is 0 Å². The van der Waals surface area contributed by atoms with Crippen molar-refractivity contribution in [3.8, 4) is 0 Å². The average Bonchev–Trinajstić information content (AvgIpc) is 2.37. The minimum Gasteiger partial charge on any atom is -0.398 e. The van der Waals surface area contributed by atoms with Crippen LogP contribution in [0.4, 0.5) is 11.4 Å². The third-order valence-corrected chi connectivity index (χ3v) is 6.25. The molecule has 2 nitrogen and oxygen atoms in total. The fourth-order valence-corrected chi connectivity index (χ4v) is 4.35. The third kappa shape index (κ3) is 3.75. The first-order chi connectivity index (χ1) is 9.38. The number of hydrogen-bond acceptors (Lipinski definition) is 4. The quantitative estimate of drug-likeness (QED) is 0.483. The Balaban J connectivity index is 2.21. The minimum absolute atomic E-state index is 0.424. The Kier molecular flexibility index (Phi) is 5.51. The van der Waals surface area contributed by atoms with Crippen molar-refractivity contribution >= 4 is 79.4 Å². The molecule has 20 heavy (non-hydrogen) atoms. The van der Waals surface area contributed by atoms with Crippen LogP contribution in [-0.2, 0) is 0 Å². The van der Waals surface area contributed by atoms with Gasteiger partial charge in [0.15, 0.2) is 0 Å². The Bertz CT molecular complexity index is 607. The smallest absolute Gasteiger partial charge is 0.0613 e. The maximum Gasteiger partial charge on any atom is 0.0613 e. The minimum atomic E-state index is 0.424. The molecule has 0 amide bonds. The summed E-state index contributed by atoms with van der Waals surface area (Å²) in [5, 5.41) is 1.75. The number of rotatable bonds is 3. The normalized spacial score (nSPS) is 10.8. The Morgan fingerprint density at radius 1 is 0.600 bits per heavy atom. The first-order valence-electron chi connectivity index (χ1n) is 5.22. The van der Waals surface area contributed by atoms with E-state index in [0.717, 1.165) is 9.79 Å². The molecule has 0 unspecified atom stereocenters. The van der Waals surface area contributed by atoms with Crippen LogP contribution in [0.5, 0.6) is 0 Å². The van der Waals surface area contributed by atoms with E-state index in [4.69, 9.17) is 57.9 Å². The molecule has 0 atom stereocenters. The zero-order chi connectivity index (χ0) is 14.9. The molecule has 2 rings (SSSR count). The fraction of sp³-hybridized carbons (Fsp3) is 0. The van der Waals surface area contributed by atoms with Gasteiger partial charge in [-0.3, -0.25) is 0 Å². The lowest BCUT2D eigenvalue weighted by molar-refractivity contribution is 1.46. The van der Waals surface area contributed by atoms with E-state index in [1.807, 2.05) is 0 Å². The van der Waals surface area contributed by atoms with E-state index in [-0.39, 0.29) is 0 Å². The van der Waals surface area contributed by atoms with E-state index >= 15 is 0 Å². The first kappa shape index (κ1) is 16.3. The third-order valence-electron chi connectivity index (χ3n) is 2.33. The second kappa shape index (κ2) is 6.77. The zero-order valence-corrected chi connectivity index (χ0v) is 14.4. The molecule has 2 aromatic rings. The molecular formula is C12H8Cl4N2S2. The van der Waals surface area contributed by atoms with Crippen molar-refractivity contribution in [3.05, 3.63) is 44.4 Å². The summed E-state index contributed by atoms with van der Waals surface area (Å²) < 4.78 is 0. The lowest BCUT2D eigenvalue weighted by Crippen LogP contribution is -1.89. The van der Waals surface area contributed by atoms with Crippen molar-refractivity contribution in [1.82, 2.24) is 0 Å². The van der Waals surface area contributed by atoms with Gasteiger partial charge in [0.2, 0.25) is 0 Å². The van der Waals surface area contributed by atoms with Crippen molar-refractivity contribution in [2.24, 2.45) is 0 Å². The number of nitrogens with two attached hydrogens (primary N) is 2. The van der Waals surface area contributed by atoms with Crippen molar-refractivity contribution in [3.63, 3.8) is 0 Å². The van der Waals surface area contributed by atoms with Gasteiger partial charge >= 0.3 is 0 Å². The number of nitrogen functional groups attached to an aromatic ring is 2. The molecule has 0 saturated carbocycles. The van der Waals surface area contributed by atoms with Gasteiger partial charge in [0, 0.05) is 21.2 Å². The first-order valence-corrected chi connectivity index (χ1v) is 8.88. The Hall–Kier alpha value is -0.100. The highest BCUT2D eigenvalue weighted by Crippen LogP contribution is 2.45. The lowest BCUT2D eigenvalue weighted by Gasteiger charge is -2.09. The van der Waals surface area contributed by atoms with Crippen LogP contribution in [0.15, 0.2) is 34.1 Å². The largest absolute Gasteiger partial charge is 0.398 e. The van der Waals surface area contributed by atoms with Gasteiger partial charge in [0.25, 0.3) is 0 Å². The van der Waals surface area contributed by atoms with Gasteiger partial charge < -0.3 is 11.5 Å². The molecule has 0 aliphatic rings. The van der Waals surface area contributed by atoms with E-state index in [1.54, 1.807) is 24.3 Å². The molecule has 0 bridgehead atoms. The Morgan fingerprint density at radius 3 is 1.25 bits per heavy atom. The number of anilines is 2. The summed E-state index contributed by atoms with van der Waals surface area (Å²) in [6.45, 7) is 0. The van der Waals surface area contributed by atoms with E-state index in [0.29, 0.717) is 31.5 Å². The van der Waals surface area contributed by atoms with E-state index in [1.165, 1.54) is 21.6 Å². The van der Waals surface area contributed by atoms with Crippen LogP contribution in [0.1, 0.15) is 0 Å². The summed E-state index contributed by atoms with van der Waals surface area (Å²) in [6.07, 6.45) is 0. The highest BCUT2D eigenvalue weighted by atomic mass is 35.5. The van der Waals surface area contributed by atoms with Gasteiger partial charge in [-0.2, -0.15) is 0 Å². The summed E-state index contributed by atoms with van der Waals surface area (Å²) in [5.74, 6) is 0. The number of benzene rings is 2. The predicted octanol–water partition coefficient (Wildman–Crippen LogP) is 6.26. The Labute approximate surface area is 144 Å². The Morgan fingerprint density at radius 2 is 0.900 bits per heavy atom. The van der Waals surface area contributed by atoms with Gasteiger partial charge in [0.05, 0.1) is 20.1 Å². The molecular weight excluding hydrogens is 378 g/mol. The summed E-state index contributed by atoms with van der Waals surface area (Å²) in [7, 11) is 2.84. The maximum atomic E-state index is 5.97. The highest BCUT2D eigenvalue weighted by Gasteiger charge is 2.10. The second-order valence-electron chi connectivity index (χ2n) is 3.77. The zero-order valence-electron chi connectivity index (χ0n) is 9.79. The molecule has 0 radical (unpaired) electrons. The lowest BCUT2D eigenvalue weighted by atomic mass is 10.3.